The van der Waals surface area contributed by atoms with Crippen molar-refractivity contribution in [3.63, 3.8) is 0 Å². The largest absolute Gasteiger partial charge is 0.381 e. The number of aryl methyl sites for hydroxylation is 1. The SMILES string of the molecule is CCN(c1ncc(C)cc1C=O)C1CCOCC1. The quantitative estimate of drug-likeness (QED) is 0.766. The molecule has 0 radical (unpaired) electrons. The predicted molar refractivity (Wildman–Crippen MR) is 71.2 cm³/mol. The molecule has 0 spiro atoms. The topological polar surface area (TPSA) is 42.4 Å². The van der Waals surface area contributed by atoms with Gasteiger partial charge < -0.3 is 9.64 Å². The molecule has 0 amide bonds. The van der Waals surface area contributed by atoms with E-state index in [0.717, 1.165) is 50.3 Å². The van der Waals surface area contributed by atoms with E-state index >= 15 is 0 Å². The molecule has 1 aromatic heterocycles. The van der Waals surface area contributed by atoms with Crippen LogP contribution in [0.3, 0.4) is 0 Å². The zero-order valence-corrected chi connectivity index (χ0v) is 11.1. The molecule has 18 heavy (non-hydrogen) atoms. The van der Waals surface area contributed by atoms with Crippen LogP contribution in [0.2, 0.25) is 0 Å². The first-order valence-electron chi connectivity index (χ1n) is 6.52. The molecule has 0 saturated carbocycles. The van der Waals surface area contributed by atoms with Crippen LogP contribution in [0.25, 0.3) is 0 Å². The third-order valence-corrected chi connectivity index (χ3v) is 3.40. The predicted octanol–water partition coefficient (Wildman–Crippen LogP) is 2.21. The highest BCUT2D eigenvalue weighted by molar-refractivity contribution is 5.83. The lowest BCUT2D eigenvalue weighted by Gasteiger charge is -2.35. The molecular formula is C14H20N2O2. The van der Waals surface area contributed by atoms with Gasteiger partial charge in [-0.2, -0.15) is 0 Å². The first kappa shape index (κ1) is 13.0. The molecule has 0 N–H and O–H groups in total. The number of anilines is 1. The summed E-state index contributed by atoms with van der Waals surface area (Å²) >= 11 is 0. The van der Waals surface area contributed by atoms with Gasteiger partial charge in [-0.25, -0.2) is 4.98 Å². The molecule has 2 rings (SSSR count). The van der Waals surface area contributed by atoms with Crippen LogP contribution in [0, 0.1) is 6.92 Å². The second kappa shape index (κ2) is 5.96. The Balaban J connectivity index is 2.28. The Hall–Kier alpha value is -1.42. The van der Waals surface area contributed by atoms with Crippen molar-refractivity contribution in [1.29, 1.82) is 0 Å². The van der Waals surface area contributed by atoms with Crippen molar-refractivity contribution in [1.82, 2.24) is 4.98 Å². The van der Waals surface area contributed by atoms with Gasteiger partial charge in [0.15, 0.2) is 6.29 Å². The highest BCUT2D eigenvalue weighted by atomic mass is 16.5. The molecule has 1 fully saturated rings. The van der Waals surface area contributed by atoms with Crippen LogP contribution in [0.5, 0.6) is 0 Å². The number of pyridine rings is 1. The highest BCUT2D eigenvalue weighted by Gasteiger charge is 2.23. The normalized spacial score (nSPS) is 16.6. The fourth-order valence-corrected chi connectivity index (χ4v) is 2.49. The van der Waals surface area contributed by atoms with Crippen molar-refractivity contribution >= 4 is 12.1 Å². The first-order valence-corrected chi connectivity index (χ1v) is 6.52. The van der Waals surface area contributed by atoms with Crippen molar-refractivity contribution in [2.75, 3.05) is 24.7 Å². The van der Waals surface area contributed by atoms with Gasteiger partial charge in [0.1, 0.15) is 5.82 Å². The minimum Gasteiger partial charge on any atom is -0.381 e. The van der Waals surface area contributed by atoms with E-state index in [4.69, 9.17) is 4.74 Å². The monoisotopic (exact) mass is 248 g/mol. The van der Waals surface area contributed by atoms with Gasteiger partial charge in [-0.05, 0) is 38.3 Å². The fourth-order valence-electron chi connectivity index (χ4n) is 2.49. The molecule has 0 atom stereocenters. The minimum absolute atomic E-state index is 0.428. The Morgan fingerprint density at radius 2 is 2.22 bits per heavy atom. The van der Waals surface area contributed by atoms with E-state index in [9.17, 15) is 4.79 Å². The van der Waals surface area contributed by atoms with Crippen LogP contribution in [0.4, 0.5) is 5.82 Å². The van der Waals surface area contributed by atoms with E-state index in [-0.39, 0.29) is 0 Å². The van der Waals surface area contributed by atoms with Gasteiger partial charge in [0.05, 0.1) is 5.56 Å². The number of nitrogens with zero attached hydrogens (tertiary/aromatic N) is 2. The summed E-state index contributed by atoms with van der Waals surface area (Å²) in [6.07, 6.45) is 4.73. The second-order valence-corrected chi connectivity index (χ2v) is 4.67. The lowest BCUT2D eigenvalue weighted by atomic mass is 10.1. The Labute approximate surface area is 108 Å². The molecule has 0 aromatic carbocycles. The maximum atomic E-state index is 11.2. The molecule has 1 aromatic rings. The van der Waals surface area contributed by atoms with Crippen LogP contribution >= 0.6 is 0 Å². The van der Waals surface area contributed by atoms with E-state index in [1.165, 1.54) is 0 Å². The van der Waals surface area contributed by atoms with Crippen LogP contribution in [-0.2, 0) is 4.74 Å². The van der Waals surface area contributed by atoms with Gasteiger partial charge in [0.2, 0.25) is 0 Å². The van der Waals surface area contributed by atoms with Crippen molar-refractivity contribution in [2.45, 2.75) is 32.7 Å². The van der Waals surface area contributed by atoms with Crippen molar-refractivity contribution in [2.24, 2.45) is 0 Å². The summed E-state index contributed by atoms with van der Waals surface area (Å²) in [6.45, 7) is 6.51. The molecule has 0 aliphatic carbocycles. The average Bonchev–Trinajstić information content (AvgIpc) is 2.42. The zero-order valence-electron chi connectivity index (χ0n) is 11.1. The lowest BCUT2D eigenvalue weighted by molar-refractivity contribution is 0.0844. The molecule has 4 heteroatoms. The van der Waals surface area contributed by atoms with Gasteiger partial charge in [0.25, 0.3) is 0 Å². The van der Waals surface area contributed by atoms with E-state index in [2.05, 4.69) is 16.8 Å². The summed E-state index contributed by atoms with van der Waals surface area (Å²) in [5.74, 6) is 0.810. The summed E-state index contributed by atoms with van der Waals surface area (Å²) < 4.78 is 5.39. The minimum atomic E-state index is 0.428. The fraction of sp³-hybridized carbons (Fsp3) is 0.571. The number of rotatable bonds is 4. The number of carbonyl (C=O) groups is 1. The lowest BCUT2D eigenvalue weighted by Crippen LogP contribution is -2.40. The molecule has 4 nitrogen and oxygen atoms in total. The molecule has 0 bridgehead atoms. The Morgan fingerprint density at radius 1 is 1.50 bits per heavy atom. The maximum Gasteiger partial charge on any atom is 0.153 e. The summed E-state index contributed by atoms with van der Waals surface area (Å²) in [5.41, 5.74) is 1.70. The van der Waals surface area contributed by atoms with Crippen molar-refractivity contribution in [3.05, 3.63) is 23.4 Å². The van der Waals surface area contributed by atoms with E-state index in [0.29, 0.717) is 11.6 Å². The average molecular weight is 248 g/mol. The van der Waals surface area contributed by atoms with E-state index < -0.39 is 0 Å². The summed E-state index contributed by atoms with van der Waals surface area (Å²) in [6, 6.07) is 2.33. The first-order chi connectivity index (χ1) is 8.76. The Kier molecular flexibility index (Phi) is 4.31. The number of aromatic nitrogens is 1. The molecule has 2 heterocycles. The number of ether oxygens (including phenoxy) is 1. The molecule has 98 valence electrons. The van der Waals surface area contributed by atoms with Crippen molar-refractivity contribution in [3.8, 4) is 0 Å². The standard InChI is InChI=1S/C14H20N2O2/c1-3-16(13-4-6-18-7-5-13)14-12(10-17)8-11(2)9-15-14/h8-10,13H,3-7H2,1-2H3. The van der Waals surface area contributed by atoms with Gasteiger partial charge >= 0.3 is 0 Å². The maximum absolute atomic E-state index is 11.2. The van der Waals surface area contributed by atoms with Crippen molar-refractivity contribution < 1.29 is 9.53 Å². The van der Waals surface area contributed by atoms with Crippen LogP contribution in [0.1, 0.15) is 35.7 Å². The van der Waals surface area contributed by atoms with Gasteiger partial charge in [-0.15, -0.1) is 0 Å². The summed E-state index contributed by atoms with van der Waals surface area (Å²) in [4.78, 5) is 17.9. The van der Waals surface area contributed by atoms with Gasteiger partial charge in [-0.1, -0.05) is 0 Å². The Morgan fingerprint density at radius 3 is 2.83 bits per heavy atom. The molecule has 1 saturated heterocycles. The summed E-state index contributed by atoms with van der Waals surface area (Å²) in [5, 5.41) is 0. The second-order valence-electron chi connectivity index (χ2n) is 4.67. The third-order valence-electron chi connectivity index (χ3n) is 3.40. The highest BCUT2D eigenvalue weighted by Crippen LogP contribution is 2.23. The zero-order chi connectivity index (χ0) is 13.0. The molecule has 0 unspecified atom stereocenters. The van der Waals surface area contributed by atoms with Crippen LogP contribution in [0.15, 0.2) is 12.3 Å². The van der Waals surface area contributed by atoms with Crippen LogP contribution in [-0.4, -0.2) is 37.1 Å². The Bertz CT molecular complexity index is 414. The smallest absolute Gasteiger partial charge is 0.153 e. The molecular weight excluding hydrogens is 228 g/mol. The molecule has 1 aliphatic rings. The van der Waals surface area contributed by atoms with E-state index in [1.54, 1.807) is 0 Å². The van der Waals surface area contributed by atoms with Crippen LogP contribution < -0.4 is 4.90 Å². The summed E-state index contributed by atoms with van der Waals surface area (Å²) in [7, 11) is 0. The molecule has 1 aliphatic heterocycles. The number of hydrogen-bond acceptors (Lipinski definition) is 4. The number of carbonyl (C=O) groups excluding carboxylic acids is 1. The van der Waals surface area contributed by atoms with Gasteiger partial charge in [-0.3, -0.25) is 4.79 Å². The number of hydrogen-bond donors (Lipinski definition) is 0. The van der Waals surface area contributed by atoms with E-state index in [1.807, 2.05) is 19.2 Å². The third kappa shape index (κ3) is 2.70. The number of aldehydes is 1. The van der Waals surface area contributed by atoms with Gasteiger partial charge in [0, 0.05) is 32.0 Å².